The maximum atomic E-state index is 13.4. The van der Waals surface area contributed by atoms with Crippen LogP contribution in [0.1, 0.15) is 50.3 Å². The lowest BCUT2D eigenvalue weighted by molar-refractivity contribution is -0.141. The highest BCUT2D eigenvalue weighted by Gasteiger charge is 2.40. The Bertz CT molecular complexity index is 1130. The van der Waals surface area contributed by atoms with Gasteiger partial charge in [-0.2, -0.15) is 23.4 Å². The van der Waals surface area contributed by atoms with E-state index >= 15 is 0 Å². The first kappa shape index (κ1) is 22.6. The molecule has 0 bridgehead atoms. The maximum absolute atomic E-state index is 13.4. The first-order valence-electron chi connectivity index (χ1n) is 10.3. The Morgan fingerprint density at radius 2 is 1.75 bits per heavy atom. The van der Waals surface area contributed by atoms with Gasteiger partial charge in [-0.1, -0.05) is 32.4 Å². The van der Waals surface area contributed by atoms with E-state index in [0.717, 1.165) is 17.1 Å². The van der Waals surface area contributed by atoms with Gasteiger partial charge in [0.15, 0.2) is 5.69 Å². The third-order valence-electron chi connectivity index (χ3n) is 5.73. The molecule has 172 valence electrons. The summed E-state index contributed by atoms with van der Waals surface area (Å²) in [4.78, 5) is 2.11. The van der Waals surface area contributed by atoms with E-state index < -0.39 is 11.9 Å². The average Bonchev–Trinajstić information content (AvgIpc) is 3.39. The molecule has 32 heavy (non-hydrogen) atoms. The van der Waals surface area contributed by atoms with E-state index in [1.165, 1.54) is 16.8 Å². The first-order valence-corrected chi connectivity index (χ1v) is 10.7. The van der Waals surface area contributed by atoms with Gasteiger partial charge in [-0.3, -0.25) is 4.68 Å². The standard InChI is InChI=1S/C22H24ClF4N5/c1-13-18(23)19(22(25,26)27)29-31(13)16-9-10-30(12-16)17-11-28-32(20(17)21(2,3)4)15-7-5-14(24)6-8-15/h5-8,11,16H,9-10,12H2,1-4H3. The van der Waals surface area contributed by atoms with Crippen LogP contribution in [-0.2, 0) is 11.6 Å². The second-order valence-corrected chi connectivity index (χ2v) is 9.47. The molecule has 5 nitrogen and oxygen atoms in total. The van der Waals surface area contributed by atoms with Gasteiger partial charge in [0.1, 0.15) is 5.82 Å². The third kappa shape index (κ3) is 3.98. The van der Waals surface area contributed by atoms with E-state index in [9.17, 15) is 17.6 Å². The van der Waals surface area contributed by atoms with Gasteiger partial charge in [0, 0.05) is 18.5 Å². The van der Waals surface area contributed by atoms with Gasteiger partial charge in [-0.25, -0.2) is 9.07 Å². The Balaban J connectivity index is 1.67. The monoisotopic (exact) mass is 469 g/mol. The van der Waals surface area contributed by atoms with E-state index in [1.807, 2.05) is 0 Å². The molecule has 0 radical (unpaired) electrons. The molecule has 4 rings (SSSR count). The number of hydrogen-bond donors (Lipinski definition) is 0. The Kier molecular flexibility index (Phi) is 5.51. The first-order chi connectivity index (χ1) is 14.9. The molecule has 0 amide bonds. The van der Waals surface area contributed by atoms with Crippen LogP contribution in [0.4, 0.5) is 23.2 Å². The summed E-state index contributed by atoms with van der Waals surface area (Å²) in [5.41, 5.74) is 1.56. The fourth-order valence-corrected chi connectivity index (χ4v) is 4.48. The Morgan fingerprint density at radius 1 is 1.09 bits per heavy atom. The molecule has 1 fully saturated rings. The number of benzene rings is 1. The SMILES string of the molecule is Cc1c(Cl)c(C(F)(F)F)nn1C1CCN(c2cnn(-c3ccc(F)cc3)c2C(C)(C)C)C1. The molecule has 10 heteroatoms. The van der Waals surface area contributed by atoms with Crippen LogP contribution in [-0.4, -0.2) is 32.7 Å². The number of halogens is 5. The van der Waals surface area contributed by atoms with Gasteiger partial charge in [-0.05, 0) is 37.6 Å². The van der Waals surface area contributed by atoms with Crippen molar-refractivity contribution < 1.29 is 17.6 Å². The van der Waals surface area contributed by atoms with Crippen molar-refractivity contribution in [3.05, 3.63) is 58.4 Å². The highest BCUT2D eigenvalue weighted by atomic mass is 35.5. The number of nitrogens with zero attached hydrogens (tertiary/aromatic N) is 5. The van der Waals surface area contributed by atoms with Crippen molar-refractivity contribution in [3.63, 3.8) is 0 Å². The van der Waals surface area contributed by atoms with Gasteiger partial charge in [-0.15, -0.1) is 0 Å². The summed E-state index contributed by atoms with van der Waals surface area (Å²) in [5.74, 6) is -0.327. The number of hydrogen-bond acceptors (Lipinski definition) is 3. The zero-order valence-electron chi connectivity index (χ0n) is 18.2. The number of alkyl halides is 3. The van der Waals surface area contributed by atoms with Crippen molar-refractivity contribution in [1.82, 2.24) is 19.6 Å². The second kappa shape index (κ2) is 7.79. The number of aromatic nitrogens is 4. The largest absolute Gasteiger partial charge is 0.436 e. The number of anilines is 1. The Labute approximate surface area is 188 Å². The molecule has 3 heterocycles. The fraction of sp³-hybridized carbons (Fsp3) is 0.455. The second-order valence-electron chi connectivity index (χ2n) is 9.10. The van der Waals surface area contributed by atoms with Gasteiger partial charge >= 0.3 is 6.18 Å². The van der Waals surface area contributed by atoms with Gasteiger partial charge in [0.2, 0.25) is 0 Å². The van der Waals surface area contributed by atoms with Crippen LogP contribution in [0, 0.1) is 12.7 Å². The molecule has 0 saturated carbocycles. The quantitative estimate of drug-likeness (QED) is 0.446. The predicted octanol–water partition coefficient (Wildman–Crippen LogP) is 5.94. The lowest BCUT2D eigenvalue weighted by Gasteiger charge is -2.27. The summed E-state index contributed by atoms with van der Waals surface area (Å²) in [6, 6.07) is 5.87. The summed E-state index contributed by atoms with van der Waals surface area (Å²) in [6.45, 7) is 8.87. The van der Waals surface area contributed by atoms with Crippen LogP contribution < -0.4 is 4.90 Å². The summed E-state index contributed by atoms with van der Waals surface area (Å²) in [5, 5.41) is 8.00. The van der Waals surface area contributed by atoms with Crippen LogP contribution in [0.15, 0.2) is 30.5 Å². The highest BCUT2D eigenvalue weighted by molar-refractivity contribution is 6.31. The molecular formula is C22H24ClF4N5. The van der Waals surface area contributed by atoms with Gasteiger partial charge in [0.25, 0.3) is 0 Å². The zero-order valence-corrected chi connectivity index (χ0v) is 19.0. The van der Waals surface area contributed by atoms with Crippen LogP contribution in [0.2, 0.25) is 5.02 Å². The molecule has 1 saturated heterocycles. The fourth-order valence-electron chi connectivity index (χ4n) is 4.25. The lowest BCUT2D eigenvalue weighted by atomic mass is 9.90. The Morgan fingerprint density at radius 3 is 2.31 bits per heavy atom. The smallest absolute Gasteiger partial charge is 0.367 e. The van der Waals surface area contributed by atoms with Crippen molar-refractivity contribution in [2.75, 3.05) is 18.0 Å². The summed E-state index contributed by atoms with van der Waals surface area (Å²) < 4.78 is 56.3. The van der Waals surface area contributed by atoms with E-state index in [2.05, 4.69) is 35.9 Å². The van der Waals surface area contributed by atoms with E-state index in [-0.39, 0.29) is 22.3 Å². The van der Waals surface area contributed by atoms with E-state index in [1.54, 1.807) is 29.9 Å². The molecule has 0 N–H and O–H groups in total. The molecule has 1 atom stereocenters. The predicted molar refractivity (Wildman–Crippen MR) is 115 cm³/mol. The van der Waals surface area contributed by atoms with E-state index in [4.69, 9.17) is 11.6 Å². The van der Waals surface area contributed by atoms with Crippen LogP contribution >= 0.6 is 11.6 Å². The molecule has 1 aliphatic rings. The minimum Gasteiger partial charge on any atom is -0.367 e. The Hall–Kier alpha value is -2.55. The summed E-state index contributed by atoms with van der Waals surface area (Å²) in [6.07, 6.45) is -2.21. The summed E-state index contributed by atoms with van der Waals surface area (Å²) in [7, 11) is 0. The van der Waals surface area contributed by atoms with E-state index in [0.29, 0.717) is 25.2 Å². The molecule has 2 aromatic heterocycles. The zero-order chi connectivity index (χ0) is 23.4. The van der Waals surface area contributed by atoms with Crippen molar-refractivity contribution in [1.29, 1.82) is 0 Å². The highest BCUT2D eigenvalue weighted by Crippen LogP contribution is 2.40. The van der Waals surface area contributed by atoms with Crippen LogP contribution in [0.5, 0.6) is 0 Å². The molecular weight excluding hydrogens is 446 g/mol. The van der Waals surface area contributed by atoms with Crippen molar-refractivity contribution in [2.45, 2.75) is 51.7 Å². The topological polar surface area (TPSA) is 38.9 Å². The van der Waals surface area contributed by atoms with Crippen LogP contribution in [0.3, 0.4) is 0 Å². The minimum absolute atomic E-state index is 0.245. The van der Waals surface area contributed by atoms with Crippen molar-refractivity contribution in [2.24, 2.45) is 0 Å². The minimum atomic E-state index is -4.60. The van der Waals surface area contributed by atoms with Crippen LogP contribution in [0.25, 0.3) is 5.69 Å². The van der Waals surface area contributed by atoms with Crippen molar-refractivity contribution >= 4 is 17.3 Å². The van der Waals surface area contributed by atoms with Crippen molar-refractivity contribution in [3.8, 4) is 5.69 Å². The molecule has 1 unspecified atom stereocenters. The lowest BCUT2D eigenvalue weighted by Crippen LogP contribution is -2.26. The third-order valence-corrected chi connectivity index (χ3v) is 6.18. The summed E-state index contributed by atoms with van der Waals surface area (Å²) >= 11 is 5.94. The molecule has 1 aliphatic heterocycles. The van der Waals surface area contributed by atoms with Gasteiger partial charge in [0.05, 0.1) is 40.0 Å². The normalized spacial score (nSPS) is 17.4. The molecule has 0 aliphatic carbocycles. The molecule has 0 spiro atoms. The molecule has 1 aromatic carbocycles. The maximum Gasteiger partial charge on any atom is 0.436 e. The average molecular weight is 470 g/mol. The van der Waals surface area contributed by atoms with Gasteiger partial charge < -0.3 is 4.90 Å². The number of rotatable bonds is 3. The molecule has 3 aromatic rings.